The van der Waals surface area contributed by atoms with Crippen molar-refractivity contribution in [2.75, 3.05) is 24.3 Å². The fourth-order valence-corrected chi connectivity index (χ4v) is 4.81. The molecule has 12 nitrogen and oxygen atoms in total. The van der Waals surface area contributed by atoms with E-state index in [9.17, 15) is 13.2 Å². The topological polar surface area (TPSA) is 150 Å². The predicted molar refractivity (Wildman–Crippen MR) is 141 cm³/mol. The summed E-state index contributed by atoms with van der Waals surface area (Å²) in [5.41, 5.74) is 2.11. The van der Waals surface area contributed by atoms with Crippen molar-refractivity contribution < 1.29 is 27.1 Å². The van der Waals surface area contributed by atoms with Crippen LogP contribution in [0, 0.1) is 6.92 Å². The second-order valence-corrected chi connectivity index (χ2v) is 10.6. The van der Waals surface area contributed by atoms with Gasteiger partial charge in [-0.2, -0.15) is 0 Å². The van der Waals surface area contributed by atoms with Crippen LogP contribution in [0.3, 0.4) is 0 Å². The second kappa shape index (κ2) is 10.9. The number of anilines is 2. The number of ether oxygens (including phenoxy) is 2. The lowest BCUT2D eigenvalue weighted by atomic mass is 10.1. The van der Waals surface area contributed by atoms with Crippen molar-refractivity contribution in [2.45, 2.75) is 32.4 Å². The molecule has 1 amide bonds. The molecule has 1 aromatic carbocycles. The molecule has 38 heavy (non-hydrogen) atoms. The van der Waals surface area contributed by atoms with Gasteiger partial charge in [-0.05, 0) is 49.7 Å². The summed E-state index contributed by atoms with van der Waals surface area (Å²) in [7, 11) is -1.05. The average molecular weight is 541 g/mol. The second-order valence-electron chi connectivity index (χ2n) is 8.52. The van der Waals surface area contributed by atoms with Crippen LogP contribution in [0.25, 0.3) is 17.3 Å². The molecule has 0 radical (unpaired) electrons. The first-order valence-corrected chi connectivity index (χ1v) is 13.1. The molecule has 3 heterocycles. The third-order valence-corrected chi connectivity index (χ3v) is 7.38. The fourth-order valence-electron chi connectivity index (χ4n) is 3.85. The molecule has 0 unspecified atom stereocenters. The summed E-state index contributed by atoms with van der Waals surface area (Å²) < 4.78 is 47.6. The van der Waals surface area contributed by atoms with Crippen molar-refractivity contribution in [3.05, 3.63) is 60.1 Å². The average Bonchev–Trinajstić information content (AvgIpc) is 3.54. The van der Waals surface area contributed by atoms with Crippen molar-refractivity contribution in [1.29, 1.82) is 0 Å². The highest BCUT2D eigenvalue weighted by Crippen LogP contribution is 2.38. The summed E-state index contributed by atoms with van der Waals surface area (Å²) in [5.74, 6) is 1.01. The number of hydrogen-bond donors (Lipinski definition) is 2. The Hall–Kier alpha value is -4.39. The van der Waals surface area contributed by atoms with Crippen molar-refractivity contribution in [2.24, 2.45) is 0 Å². The molecule has 0 aliphatic heterocycles. The molecule has 2 N–H and O–H groups in total. The lowest BCUT2D eigenvalue weighted by Crippen LogP contribution is -2.29. The van der Waals surface area contributed by atoms with E-state index in [-0.39, 0.29) is 24.1 Å². The molecule has 0 saturated carbocycles. The first-order valence-electron chi connectivity index (χ1n) is 11.6. The highest BCUT2D eigenvalue weighted by Gasteiger charge is 2.29. The van der Waals surface area contributed by atoms with E-state index in [0.717, 1.165) is 5.56 Å². The number of para-hydroxylation sites is 1. The Morgan fingerprint density at radius 1 is 1.13 bits per heavy atom. The molecule has 3 aromatic heterocycles. The molecule has 13 heteroatoms. The van der Waals surface area contributed by atoms with Gasteiger partial charge in [0.05, 0.1) is 37.1 Å². The molecular formula is C25H28N6O6S. The first-order chi connectivity index (χ1) is 18.1. The summed E-state index contributed by atoms with van der Waals surface area (Å²) in [6.45, 7) is 4.75. The van der Waals surface area contributed by atoms with E-state index in [0.29, 0.717) is 34.3 Å². The first kappa shape index (κ1) is 26.7. The molecule has 0 saturated heterocycles. The third-order valence-electron chi connectivity index (χ3n) is 5.69. The highest BCUT2D eigenvalue weighted by atomic mass is 32.2. The number of methoxy groups -OCH3 is 2. The van der Waals surface area contributed by atoms with Gasteiger partial charge in [0.2, 0.25) is 27.7 Å². The zero-order chi connectivity index (χ0) is 27.4. The smallest absolute Gasteiger partial charge is 0.243 e. The molecule has 0 spiro atoms. The number of carbonyl (C=O) groups excluding carboxylic acids is 1. The quantitative estimate of drug-likeness (QED) is 0.308. The van der Waals surface area contributed by atoms with E-state index >= 15 is 0 Å². The Labute approximate surface area is 220 Å². The van der Waals surface area contributed by atoms with E-state index in [1.54, 1.807) is 49.5 Å². The Kier molecular flexibility index (Phi) is 7.67. The predicted octanol–water partition coefficient (Wildman–Crippen LogP) is 3.58. The number of furan rings is 1. The zero-order valence-corrected chi connectivity index (χ0v) is 22.4. The van der Waals surface area contributed by atoms with Gasteiger partial charge in [0.25, 0.3) is 0 Å². The maximum atomic E-state index is 13.5. The van der Waals surface area contributed by atoms with Gasteiger partial charge in [-0.15, -0.1) is 10.2 Å². The number of nitrogens with zero attached hydrogens (tertiary/aromatic N) is 4. The van der Waals surface area contributed by atoms with E-state index in [4.69, 9.17) is 13.9 Å². The normalized spacial score (nSPS) is 12.1. The van der Waals surface area contributed by atoms with Crippen LogP contribution in [0.1, 0.15) is 25.1 Å². The maximum Gasteiger partial charge on any atom is 0.243 e. The summed E-state index contributed by atoms with van der Waals surface area (Å²) in [6.07, 6.45) is 3.12. The SMILES string of the molecule is COc1cccc(OC)c1-n1c(NS(=O)(=O)[C@H](C)Cc2ncc(C)cc2NC(C)=O)nnc1-c1ccco1. The maximum absolute atomic E-state index is 13.5. The molecule has 1 atom stereocenters. The fraction of sp³-hybridized carbons (Fsp3) is 0.280. The largest absolute Gasteiger partial charge is 0.494 e. The molecule has 200 valence electrons. The Bertz CT molecular complexity index is 1530. The number of benzene rings is 1. The number of pyridine rings is 1. The highest BCUT2D eigenvalue weighted by molar-refractivity contribution is 7.93. The molecule has 0 aliphatic carbocycles. The summed E-state index contributed by atoms with van der Waals surface area (Å²) >= 11 is 0. The number of hydrogen-bond acceptors (Lipinski definition) is 9. The van der Waals surface area contributed by atoms with Crippen LogP contribution < -0.4 is 19.5 Å². The van der Waals surface area contributed by atoms with E-state index in [2.05, 4.69) is 25.2 Å². The monoisotopic (exact) mass is 540 g/mol. The molecule has 4 aromatic rings. The van der Waals surface area contributed by atoms with Crippen LogP contribution in [-0.2, 0) is 21.2 Å². The Morgan fingerprint density at radius 3 is 2.45 bits per heavy atom. The molecule has 0 aliphatic rings. The molecular weight excluding hydrogens is 512 g/mol. The van der Waals surface area contributed by atoms with Crippen molar-refractivity contribution in [1.82, 2.24) is 19.7 Å². The summed E-state index contributed by atoms with van der Waals surface area (Å²) in [6, 6.07) is 10.3. The van der Waals surface area contributed by atoms with Gasteiger partial charge in [-0.3, -0.25) is 19.1 Å². The van der Waals surface area contributed by atoms with Gasteiger partial charge in [0.15, 0.2) is 5.76 Å². The van der Waals surface area contributed by atoms with Crippen LogP contribution in [0.15, 0.2) is 53.3 Å². The van der Waals surface area contributed by atoms with Crippen molar-refractivity contribution in [3.63, 3.8) is 0 Å². The van der Waals surface area contributed by atoms with Crippen LogP contribution in [0.2, 0.25) is 0 Å². The van der Waals surface area contributed by atoms with Crippen molar-refractivity contribution in [3.8, 4) is 28.8 Å². The van der Waals surface area contributed by atoms with Gasteiger partial charge in [-0.25, -0.2) is 8.42 Å². The van der Waals surface area contributed by atoms with Gasteiger partial charge in [0.1, 0.15) is 17.2 Å². The molecule has 0 bridgehead atoms. The number of amides is 1. The van der Waals surface area contributed by atoms with Gasteiger partial charge < -0.3 is 19.2 Å². The molecule has 4 rings (SSSR count). The number of carbonyl (C=O) groups is 1. The van der Waals surface area contributed by atoms with E-state index < -0.39 is 15.3 Å². The zero-order valence-electron chi connectivity index (χ0n) is 21.5. The Morgan fingerprint density at radius 2 is 1.84 bits per heavy atom. The van der Waals surface area contributed by atoms with E-state index in [1.807, 2.05) is 6.92 Å². The number of aromatic nitrogens is 4. The number of sulfonamides is 1. The van der Waals surface area contributed by atoms with Crippen LogP contribution in [0.5, 0.6) is 11.5 Å². The van der Waals surface area contributed by atoms with Gasteiger partial charge >= 0.3 is 0 Å². The molecule has 0 fully saturated rings. The minimum Gasteiger partial charge on any atom is -0.494 e. The summed E-state index contributed by atoms with van der Waals surface area (Å²) in [4.78, 5) is 16.0. The minimum atomic E-state index is -4.03. The van der Waals surface area contributed by atoms with Gasteiger partial charge in [-0.1, -0.05) is 6.07 Å². The van der Waals surface area contributed by atoms with Crippen LogP contribution in [-0.4, -0.2) is 53.5 Å². The minimum absolute atomic E-state index is 0.0301. The third kappa shape index (κ3) is 5.47. The lowest BCUT2D eigenvalue weighted by molar-refractivity contribution is -0.114. The lowest BCUT2D eigenvalue weighted by Gasteiger charge is -2.19. The Balaban J connectivity index is 1.75. The van der Waals surface area contributed by atoms with E-state index in [1.165, 1.54) is 32.0 Å². The van der Waals surface area contributed by atoms with Crippen LogP contribution in [0.4, 0.5) is 11.6 Å². The summed E-state index contributed by atoms with van der Waals surface area (Å²) in [5, 5.41) is 10.1. The standard InChI is InChI=1S/C25H28N6O6S/c1-15-12-19(27-17(3)32)18(26-14-15)13-16(2)38(33,34)30-25-29-28-24(22-10-7-11-37-22)31(25)23-20(35-4)8-6-9-21(23)36-5/h6-12,14,16H,13H2,1-5H3,(H,27,32)(H,29,30)/t16-/m1/s1. The number of aryl methyl sites for hydroxylation is 1. The van der Waals surface area contributed by atoms with Crippen molar-refractivity contribution >= 4 is 27.6 Å². The van der Waals surface area contributed by atoms with Gasteiger partial charge in [0, 0.05) is 19.5 Å². The van der Waals surface area contributed by atoms with Crippen LogP contribution >= 0.6 is 0 Å². The number of nitrogens with one attached hydrogen (secondary N) is 2. The number of rotatable bonds is 10.